The smallest absolute Gasteiger partial charge is 0.243 e. The zero-order valence-corrected chi connectivity index (χ0v) is 13.6. The number of hydrogen-bond donors (Lipinski definition) is 0. The second-order valence-corrected chi connectivity index (χ2v) is 7.69. The standard InChI is InChI=1S/C15H22N2O3S/c1-12-6-4-8-14(10-12)21(19,20)17-9-5-7-13(11-17)15(18)16(2)3/h4,6,8,10,13H,5,7,9,11H2,1-3H3/t13-/m0/s1. The van der Waals surface area contributed by atoms with E-state index >= 15 is 0 Å². The maximum atomic E-state index is 12.7. The highest BCUT2D eigenvalue weighted by molar-refractivity contribution is 7.89. The van der Waals surface area contributed by atoms with E-state index in [4.69, 9.17) is 0 Å². The molecule has 2 rings (SSSR count). The first kappa shape index (κ1) is 16.0. The van der Waals surface area contributed by atoms with Crippen LogP contribution in [-0.2, 0) is 14.8 Å². The zero-order chi connectivity index (χ0) is 15.6. The van der Waals surface area contributed by atoms with Gasteiger partial charge in [0.25, 0.3) is 0 Å². The molecule has 116 valence electrons. The molecule has 0 radical (unpaired) electrons. The zero-order valence-electron chi connectivity index (χ0n) is 12.7. The fraction of sp³-hybridized carbons (Fsp3) is 0.533. The number of nitrogens with zero attached hydrogens (tertiary/aromatic N) is 2. The van der Waals surface area contributed by atoms with Crippen LogP contribution in [0.1, 0.15) is 18.4 Å². The SMILES string of the molecule is Cc1cccc(S(=O)(=O)N2CCC[C@H](C(=O)N(C)C)C2)c1. The Hall–Kier alpha value is -1.40. The minimum Gasteiger partial charge on any atom is -0.349 e. The van der Waals surface area contributed by atoms with E-state index < -0.39 is 10.0 Å². The summed E-state index contributed by atoms with van der Waals surface area (Å²) in [6, 6.07) is 6.90. The van der Waals surface area contributed by atoms with Crippen LogP contribution in [0, 0.1) is 12.8 Å². The van der Waals surface area contributed by atoms with E-state index in [1.54, 1.807) is 32.3 Å². The van der Waals surface area contributed by atoms with Crippen molar-refractivity contribution >= 4 is 15.9 Å². The second-order valence-electron chi connectivity index (χ2n) is 5.75. The van der Waals surface area contributed by atoms with Crippen molar-refractivity contribution in [1.29, 1.82) is 0 Å². The Labute approximate surface area is 126 Å². The van der Waals surface area contributed by atoms with Crippen molar-refractivity contribution in [3.63, 3.8) is 0 Å². The lowest BCUT2D eigenvalue weighted by atomic mass is 9.98. The van der Waals surface area contributed by atoms with Crippen LogP contribution in [0.25, 0.3) is 0 Å². The predicted octanol–water partition coefficient (Wildman–Crippen LogP) is 1.48. The van der Waals surface area contributed by atoms with Gasteiger partial charge in [-0.2, -0.15) is 4.31 Å². The third-order valence-electron chi connectivity index (χ3n) is 3.80. The highest BCUT2D eigenvalue weighted by Crippen LogP contribution is 2.25. The number of amides is 1. The number of piperidine rings is 1. The first-order valence-corrected chi connectivity index (χ1v) is 8.54. The third-order valence-corrected chi connectivity index (χ3v) is 5.66. The van der Waals surface area contributed by atoms with Crippen molar-refractivity contribution in [3.8, 4) is 0 Å². The Morgan fingerprint density at radius 2 is 2.05 bits per heavy atom. The Balaban J connectivity index is 2.22. The molecule has 0 unspecified atom stereocenters. The van der Waals surface area contributed by atoms with Gasteiger partial charge in [0.15, 0.2) is 0 Å². The summed E-state index contributed by atoms with van der Waals surface area (Å²) < 4.78 is 26.8. The maximum Gasteiger partial charge on any atom is 0.243 e. The van der Waals surface area contributed by atoms with Crippen molar-refractivity contribution in [2.75, 3.05) is 27.2 Å². The van der Waals surface area contributed by atoms with E-state index in [9.17, 15) is 13.2 Å². The lowest BCUT2D eigenvalue weighted by Crippen LogP contribution is -2.45. The lowest BCUT2D eigenvalue weighted by Gasteiger charge is -2.32. The topological polar surface area (TPSA) is 57.7 Å². The quantitative estimate of drug-likeness (QED) is 0.850. The van der Waals surface area contributed by atoms with Gasteiger partial charge >= 0.3 is 0 Å². The van der Waals surface area contributed by atoms with Crippen molar-refractivity contribution in [1.82, 2.24) is 9.21 Å². The Morgan fingerprint density at radius 3 is 2.67 bits per heavy atom. The molecule has 0 saturated carbocycles. The molecule has 0 spiro atoms. The molecule has 5 nitrogen and oxygen atoms in total. The van der Waals surface area contributed by atoms with Gasteiger partial charge in [0.2, 0.25) is 15.9 Å². The summed E-state index contributed by atoms with van der Waals surface area (Å²) in [5.41, 5.74) is 0.911. The summed E-state index contributed by atoms with van der Waals surface area (Å²) >= 11 is 0. The molecule has 1 aromatic rings. The first-order chi connectivity index (χ1) is 9.82. The lowest BCUT2D eigenvalue weighted by molar-refractivity contribution is -0.134. The summed E-state index contributed by atoms with van der Waals surface area (Å²) in [6.45, 7) is 2.62. The fourth-order valence-corrected chi connectivity index (χ4v) is 4.28. The van der Waals surface area contributed by atoms with Crippen LogP contribution in [0.4, 0.5) is 0 Å². The fourth-order valence-electron chi connectivity index (χ4n) is 2.65. The number of carbonyl (C=O) groups is 1. The summed E-state index contributed by atoms with van der Waals surface area (Å²) in [6.07, 6.45) is 1.46. The minimum atomic E-state index is -3.51. The van der Waals surface area contributed by atoms with Crippen LogP contribution < -0.4 is 0 Å². The first-order valence-electron chi connectivity index (χ1n) is 7.10. The molecular weight excluding hydrogens is 288 g/mol. The van der Waals surface area contributed by atoms with Crippen LogP contribution in [0.3, 0.4) is 0 Å². The molecule has 1 heterocycles. The average molecular weight is 310 g/mol. The highest BCUT2D eigenvalue weighted by Gasteiger charge is 2.33. The molecule has 21 heavy (non-hydrogen) atoms. The van der Waals surface area contributed by atoms with E-state index in [2.05, 4.69) is 0 Å². The van der Waals surface area contributed by atoms with E-state index in [-0.39, 0.29) is 18.4 Å². The number of hydrogen-bond acceptors (Lipinski definition) is 3. The molecule has 6 heteroatoms. The van der Waals surface area contributed by atoms with Gasteiger partial charge < -0.3 is 4.90 Å². The molecule has 0 N–H and O–H groups in total. The molecule has 1 amide bonds. The van der Waals surface area contributed by atoms with Gasteiger partial charge in [-0.1, -0.05) is 12.1 Å². The highest BCUT2D eigenvalue weighted by atomic mass is 32.2. The normalized spacial score (nSPS) is 20.2. The largest absolute Gasteiger partial charge is 0.349 e. The Morgan fingerprint density at radius 1 is 1.33 bits per heavy atom. The van der Waals surface area contributed by atoms with Gasteiger partial charge in [0, 0.05) is 27.2 Å². The maximum absolute atomic E-state index is 12.7. The molecule has 0 bridgehead atoms. The van der Waals surface area contributed by atoms with Gasteiger partial charge in [0.05, 0.1) is 10.8 Å². The molecule has 1 saturated heterocycles. The molecule has 1 fully saturated rings. The summed E-state index contributed by atoms with van der Waals surface area (Å²) in [4.78, 5) is 13.9. The van der Waals surface area contributed by atoms with Gasteiger partial charge in [-0.3, -0.25) is 4.79 Å². The number of aryl methyl sites for hydroxylation is 1. The van der Waals surface area contributed by atoms with Crippen LogP contribution in [0.5, 0.6) is 0 Å². The molecular formula is C15H22N2O3S. The van der Waals surface area contributed by atoms with E-state index in [1.165, 1.54) is 9.21 Å². The predicted molar refractivity (Wildman–Crippen MR) is 81.4 cm³/mol. The van der Waals surface area contributed by atoms with Gasteiger partial charge in [-0.25, -0.2) is 8.42 Å². The number of benzene rings is 1. The van der Waals surface area contributed by atoms with Crippen LogP contribution in [0.2, 0.25) is 0 Å². The number of carbonyl (C=O) groups excluding carboxylic acids is 1. The third kappa shape index (κ3) is 3.44. The molecule has 1 aliphatic rings. The summed E-state index contributed by atoms with van der Waals surface area (Å²) in [7, 11) is -0.105. The van der Waals surface area contributed by atoms with Crippen molar-refractivity contribution < 1.29 is 13.2 Å². The van der Waals surface area contributed by atoms with Crippen molar-refractivity contribution in [3.05, 3.63) is 29.8 Å². The van der Waals surface area contributed by atoms with E-state index in [0.717, 1.165) is 18.4 Å². The molecule has 0 aliphatic carbocycles. The van der Waals surface area contributed by atoms with Gasteiger partial charge in [-0.05, 0) is 37.5 Å². The van der Waals surface area contributed by atoms with Crippen LogP contribution in [-0.4, -0.2) is 50.7 Å². The van der Waals surface area contributed by atoms with E-state index in [1.807, 2.05) is 13.0 Å². The summed E-state index contributed by atoms with van der Waals surface area (Å²) in [5.74, 6) is -0.243. The number of rotatable bonds is 3. The molecule has 1 aliphatic heterocycles. The van der Waals surface area contributed by atoms with Crippen molar-refractivity contribution in [2.24, 2.45) is 5.92 Å². The Kier molecular flexibility index (Phi) is 4.68. The van der Waals surface area contributed by atoms with Crippen molar-refractivity contribution in [2.45, 2.75) is 24.7 Å². The molecule has 0 aromatic heterocycles. The van der Waals surface area contributed by atoms with Crippen LogP contribution >= 0.6 is 0 Å². The summed E-state index contributed by atoms with van der Waals surface area (Å²) in [5, 5.41) is 0. The van der Waals surface area contributed by atoms with Crippen LogP contribution in [0.15, 0.2) is 29.2 Å². The molecule has 1 atom stereocenters. The van der Waals surface area contributed by atoms with Gasteiger partial charge in [0.1, 0.15) is 0 Å². The average Bonchev–Trinajstić information content (AvgIpc) is 2.46. The molecule has 1 aromatic carbocycles. The monoisotopic (exact) mass is 310 g/mol. The number of sulfonamides is 1. The second kappa shape index (κ2) is 6.15. The minimum absolute atomic E-state index is 0.000794. The van der Waals surface area contributed by atoms with E-state index in [0.29, 0.717) is 11.4 Å². The van der Waals surface area contributed by atoms with Gasteiger partial charge in [-0.15, -0.1) is 0 Å². The Bertz CT molecular complexity index is 626.